The van der Waals surface area contributed by atoms with Gasteiger partial charge in [-0.1, -0.05) is 46.1 Å². The molecule has 0 radical (unpaired) electrons. The van der Waals surface area contributed by atoms with Crippen molar-refractivity contribution >= 4 is 35.1 Å². The molecule has 3 heterocycles. The molecule has 54 heavy (non-hydrogen) atoms. The van der Waals surface area contributed by atoms with E-state index in [0.717, 1.165) is 45.8 Å². The number of β-amino-alcohol motifs (C(OH)–C–C–N with tert-alkyl or cyclic N) is 1. The van der Waals surface area contributed by atoms with Gasteiger partial charge in [-0.25, -0.2) is 18.2 Å². The first-order valence-electron chi connectivity index (χ1n) is 19.1. The van der Waals surface area contributed by atoms with Crippen molar-refractivity contribution in [2.45, 2.75) is 97.0 Å². The highest BCUT2D eigenvalue weighted by Crippen LogP contribution is 2.50. The maximum absolute atomic E-state index is 17.3. The minimum absolute atomic E-state index is 0.00618. The van der Waals surface area contributed by atoms with Gasteiger partial charge in [-0.15, -0.1) is 6.42 Å². The molecule has 5 atom stereocenters. The maximum Gasteiger partial charge on any atom is 0.175 e. The van der Waals surface area contributed by atoms with Crippen molar-refractivity contribution in [3.63, 3.8) is 0 Å². The second-order valence-corrected chi connectivity index (χ2v) is 13.8. The molecular weight excluding hydrogens is 695 g/mol. The number of likely N-dealkylation sites (tertiary alicyclic amines) is 1. The smallest absolute Gasteiger partial charge is 0.175 e. The second-order valence-electron chi connectivity index (χ2n) is 13.8. The zero-order chi connectivity index (χ0) is 39.6. The lowest BCUT2D eigenvalue weighted by atomic mass is 9.74. The predicted molar refractivity (Wildman–Crippen MR) is 212 cm³/mol. The SMILES string of the molecule is C#Cc1c(F)ccc2cc(O)cc(C3=C(F)C(=NCC45CCCC4N(C(CC)C(F)CC)CCC5)/C(=C(\N=C)N4CCOCC(O)C4)C=N3)c12.CC.CO. The summed E-state index contributed by atoms with van der Waals surface area (Å²) in [5, 5.41) is 28.9. The van der Waals surface area contributed by atoms with Crippen LogP contribution in [-0.4, -0.2) is 115 Å². The Hall–Kier alpha value is -4.02. The lowest BCUT2D eigenvalue weighted by molar-refractivity contribution is -0.0172. The number of terminal acetylenes is 1. The normalized spacial score (nSPS) is 25.8. The number of aliphatic hydroxyl groups excluding tert-OH is 2. The molecule has 294 valence electrons. The Morgan fingerprint density at radius 2 is 1.89 bits per heavy atom. The quantitative estimate of drug-likeness (QED) is 0.184. The van der Waals surface area contributed by atoms with Crippen LogP contribution in [0.25, 0.3) is 16.5 Å². The van der Waals surface area contributed by atoms with E-state index in [2.05, 4.69) is 27.5 Å². The Balaban J connectivity index is 0.00000157. The first-order valence-corrected chi connectivity index (χ1v) is 19.1. The summed E-state index contributed by atoms with van der Waals surface area (Å²) >= 11 is 0. The monoisotopic (exact) mass is 751 g/mol. The van der Waals surface area contributed by atoms with Gasteiger partial charge in [0.05, 0.1) is 30.5 Å². The fraction of sp³-hybridized carbons (Fsp3) is 0.548. The van der Waals surface area contributed by atoms with Crippen molar-refractivity contribution in [3.8, 4) is 18.1 Å². The number of aromatic hydroxyl groups is 1. The molecule has 3 N–H and O–H groups in total. The van der Waals surface area contributed by atoms with Crippen molar-refractivity contribution in [2.24, 2.45) is 20.4 Å². The zero-order valence-electron chi connectivity index (χ0n) is 32.3. The molecule has 0 amide bonds. The van der Waals surface area contributed by atoms with Gasteiger partial charge >= 0.3 is 0 Å². The molecule has 2 aromatic carbocycles. The van der Waals surface area contributed by atoms with Crippen LogP contribution in [0.15, 0.2) is 56.5 Å². The topological polar surface area (TPSA) is 113 Å². The molecule has 3 fully saturated rings. The van der Waals surface area contributed by atoms with Gasteiger partial charge in [0.25, 0.3) is 0 Å². The van der Waals surface area contributed by atoms with Crippen LogP contribution in [-0.2, 0) is 4.74 Å². The minimum atomic E-state index is -0.932. The van der Waals surface area contributed by atoms with E-state index in [1.54, 1.807) is 4.90 Å². The molecule has 2 aromatic rings. The number of aliphatic imine (C=N–C) groups is 3. The standard InChI is InChI=1S/C39H46F3N5O3.C2H6.CH4O/c1-5-27-31(41)12-11-24-18-25(48)19-28(34(24)27)36-35(42)37(29(20-44-36)38(43-4)46-16-17-50-22-26(49)21-46)45-23-39-13-8-10-33(39)47(15-9-14-39)32(7-3)30(40)6-2;2*1-2/h1,11-12,18-20,26,30,32-33,48-49H,4,6-10,13-17,21-23H2,2-3H3;1-2H3;2H,1H3/b38-29+,45-37?;;. The Morgan fingerprint density at radius 1 is 1.15 bits per heavy atom. The van der Waals surface area contributed by atoms with Gasteiger partial charge in [-0.2, -0.15) is 0 Å². The number of hydrogen-bond acceptors (Lipinski definition) is 9. The number of phenols is 1. The summed E-state index contributed by atoms with van der Waals surface area (Å²) in [6.45, 7) is 13.8. The summed E-state index contributed by atoms with van der Waals surface area (Å²) in [5.41, 5.74) is -0.106. The molecular formula is C42H56F3N5O4. The van der Waals surface area contributed by atoms with Crippen molar-refractivity contribution in [2.75, 3.05) is 46.5 Å². The molecule has 0 bridgehead atoms. The molecule has 9 nitrogen and oxygen atoms in total. The molecule has 4 aliphatic rings. The van der Waals surface area contributed by atoms with Gasteiger partial charge in [-0.05, 0) is 75.4 Å². The highest BCUT2D eigenvalue weighted by Gasteiger charge is 2.50. The first-order chi connectivity index (χ1) is 26.2. The largest absolute Gasteiger partial charge is 0.508 e. The van der Waals surface area contributed by atoms with Gasteiger partial charge in [0.1, 0.15) is 35.0 Å². The molecule has 0 spiro atoms. The van der Waals surface area contributed by atoms with E-state index in [9.17, 15) is 14.6 Å². The van der Waals surface area contributed by atoms with Crippen molar-refractivity contribution in [1.82, 2.24) is 9.80 Å². The Morgan fingerprint density at radius 3 is 2.57 bits per heavy atom. The number of allylic oxidation sites excluding steroid dienone is 2. The first kappa shape index (κ1) is 42.7. The fourth-order valence-corrected chi connectivity index (χ4v) is 8.64. The Bertz CT molecular complexity index is 1800. The number of hydrogen-bond donors (Lipinski definition) is 3. The van der Waals surface area contributed by atoms with Crippen LogP contribution in [0.2, 0.25) is 0 Å². The summed E-state index contributed by atoms with van der Waals surface area (Å²) in [6, 6.07) is 5.38. The van der Waals surface area contributed by atoms with E-state index in [1.807, 2.05) is 27.7 Å². The lowest BCUT2D eigenvalue weighted by Gasteiger charge is -2.49. The average Bonchev–Trinajstić information content (AvgIpc) is 3.51. The summed E-state index contributed by atoms with van der Waals surface area (Å²) in [4.78, 5) is 18.0. The Kier molecular flexibility index (Phi) is 15.5. The molecule has 2 saturated heterocycles. The van der Waals surface area contributed by atoms with E-state index in [-0.39, 0.29) is 69.9 Å². The van der Waals surface area contributed by atoms with Crippen LogP contribution < -0.4 is 0 Å². The van der Waals surface area contributed by atoms with Gasteiger partial charge in [0, 0.05) is 61.4 Å². The van der Waals surface area contributed by atoms with Crippen molar-refractivity contribution < 1.29 is 33.2 Å². The van der Waals surface area contributed by atoms with Gasteiger partial charge in [0.2, 0.25) is 0 Å². The van der Waals surface area contributed by atoms with Crippen molar-refractivity contribution in [3.05, 3.63) is 58.4 Å². The molecule has 6 rings (SSSR count). The number of phenolic OH excluding ortho intramolecular Hbond substituents is 1. The molecule has 0 aromatic heterocycles. The summed E-state index contributed by atoms with van der Waals surface area (Å²) in [5.74, 6) is 1.08. The number of benzene rings is 2. The van der Waals surface area contributed by atoms with Crippen LogP contribution in [0.5, 0.6) is 5.75 Å². The average molecular weight is 752 g/mol. The fourth-order valence-electron chi connectivity index (χ4n) is 8.64. The highest BCUT2D eigenvalue weighted by atomic mass is 19.1. The molecule has 3 aliphatic heterocycles. The number of fused-ring (bicyclic) bond motifs is 2. The van der Waals surface area contributed by atoms with E-state index < -0.39 is 23.9 Å². The van der Waals surface area contributed by atoms with E-state index in [4.69, 9.17) is 21.3 Å². The number of nitrogens with zero attached hydrogens (tertiary/aromatic N) is 5. The van der Waals surface area contributed by atoms with Crippen LogP contribution in [0.3, 0.4) is 0 Å². The lowest BCUT2D eigenvalue weighted by Crippen LogP contribution is -2.56. The molecule has 1 aliphatic carbocycles. The maximum atomic E-state index is 17.3. The van der Waals surface area contributed by atoms with Crippen molar-refractivity contribution in [1.29, 1.82) is 0 Å². The van der Waals surface area contributed by atoms with Crippen LogP contribution >= 0.6 is 0 Å². The number of aliphatic hydroxyl groups is 2. The number of alkyl halides is 1. The highest BCUT2D eigenvalue weighted by molar-refractivity contribution is 6.29. The summed E-state index contributed by atoms with van der Waals surface area (Å²) < 4.78 is 53.1. The van der Waals surface area contributed by atoms with Gasteiger partial charge < -0.3 is 25.0 Å². The van der Waals surface area contributed by atoms with Gasteiger partial charge in [-0.3, -0.25) is 14.9 Å². The van der Waals surface area contributed by atoms with Crippen LogP contribution in [0.1, 0.15) is 83.8 Å². The number of piperidine rings is 1. The van der Waals surface area contributed by atoms with Crippen LogP contribution in [0, 0.1) is 23.6 Å². The molecule has 12 heteroatoms. The molecule has 5 unspecified atom stereocenters. The number of rotatable bonds is 9. The minimum Gasteiger partial charge on any atom is -0.508 e. The van der Waals surface area contributed by atoms with E-state index >= 15 is 8.78 Å². The Labute approximate surface area is 318 Å². The summed E-state index contributed by atoms with van der Waals surface area (Å²) in [6.07, 6.45) is 11.2. The second kappa shape index (κ2) is 19.5. The predicted octanol–water partition coefficient (Wildman–Crippen LogP) is 7.23. The van der Waals surface area contributed by atoms with E-state index in [0.29, 0.717) is 43.7 Å². The molecule has 1 saturated carbocycles. The van der Waals surface area contributed by atoms with E-state index in [1.165, 1.54) is 30.5 Å². The van der Waals surface area contributed by atoms with Crippen LogP contribution in [0.4, 0.5) is 13.2 Å². The van der Waals surface area contributed by atoms with Gasteiger partial charge in [0.15, 0.2) is 5.83 Å². The number of ether oxygens (including phenoxy) is 1. The number of halogens is 3. The third-order valence-corrected chi connectivity index (χ3v) is 10.9. The zero-order valence-corrected chi connectivity index (χ0v) is 32.3. The summed E-state index contributed by atoms with van der Waals surface area (Å²) in [7, 11) is 1.00. The third-order valence-electron chi connectivity index (χ3n) is 10.9. The third kappa shape index (κ3) is 8.60.